The fourth-order valence-corrected chi connectivity index (χ4v) is 2.29. The number of rotatable bonds is 2. The predicted molar refractivity (Wildman–Crippen MR) is 71.0 cm³/mol. The molecule has 1 N–H and O–H groups in total. The van der Waals surface area contributed by atoms with E-state index in [1.807, 2.05) is 6.20 Å². The minimum Gasteiger partial charge on any atom is -0.490 e. The van der Waals surface area contributed by atoms with E-state index in [-0.39, 0.29) is 0 Å². The number of benzene rings is 1. The molecule has 0 atom stereocenters. The number of ether oxygens (including phenoxy) is 1. The molecule has 0 aliphatic carbocycles. The number of aromatic amines is 1. The van der Waals surface area contributed by atoms with E-state index in [1.165, 1.54) is 16.8 Å². The smallest absolute Gasteiger partial charge is 0.142 e. The van der Waals surface area contributed by atoms with Crippen molar-refractivity contribution in [1.29, 1.82) is 0 Å². The molecule has 18 heavy (non-hydrogen) atoms. The summed E-state index contributed by atoms with van der Waals surface area (Å²) in [6.45, 7) is 6.68. The fourth-order valence-electron chi connectivity index (χ4n) is 2.29. The first-order valence-electron chi connectivity index (χ1n) is 6.21. The van der Waals surface area contributed by atoms with Crippen LogP contribution in [0.15, 0.2) is 24.4 Å². The van der Waals surface area contributed by atoms with E-state index in [1.54, 1.807) is 0 Å². The third-order valence-corrected chi connectivity index (χ3v) is 3.37. The second-order valence-electron chi connectivity index (χ2n) is 4.76. The summed E-state index contributed by atoms with van der Waals surface area (Å²) in [6, 6.07) is 6.37. The molecule has 2 heterocycles. The van der Waals surface area contributed by atoms with Crippen molar-refractivity contribution < 1.29 is 4.74 Å². The molecule has 1 aromatic carbocycles. The topological polar surface area (TPSA) is 41.1 Å². The molecule has 0 unspecified atom stereocenters. The Balaban J connectivity index is 1.90. The largest absolute Gasteiger partial charge is 0.490 e. The van der Waals surface area contributed by atoms with Crippen LogP contribution in [0.2, 0.25) is 0 Å². The summed E-state index contributed by atoms with van der Waals surface area (Å²) in [5.74, 6) is 0.988. The van der Waals surface area contributed by atoms with Crippen molar-refractivity contribution in [3.05, 3.63) is 41.2 Å². The molecular weight excluding hydrogens is 226 g/mol. The summed E-state index contributed by atoms with van der Waals surface area (Å²) in [5.41, 5.74) is 4.78. The molecule has 2 aromatic rings. The van der Waals surface area contributed by atoms with Crippen LogP contribution in [0, 0.1) is 13.8 Å². The summed E-state index contributed by atoms with van der Waals surface area (Å²) in [5, 5.41) is 7.06. The third kappa shape index (κ3) is 1.94. The standard InChI is InChI=1S/C14H17N3O/c1-10-3-4-13-14(7-10)18-6-5-17(13)9-12-8-15-16-11(12)2/h3-4,7-8H,5-6,9H2,1-2H3,(H,15,16). The van der Waals surface area contributed by atoms with Gasteiger partial charge in [0.05, 0.1) is 18.4 Å². The zero-order valence-corrected chi connectivity index (χ0v) is 10.7. The van der Waals surface area contributed by atoms with Crippen molar-refractivity contribution in [2.45, 2.75) is 20.4 Å². The van der Waals surface area contributed by atoms with Gasteiger partial charge in [0.15, 0.2) is 0 Å². The molecule has 0 fully saturated rings. The maximum atomic E-state index is 5.72. The Kier molecular flexibility index (Phi) is 2.70. The summed E-state index contributed by atoms with van der Waals surface area (Å²) >= 11 is 0. The van der Waals surface area contributed by atoms with Crippen LogP contribution in [-0.4, -0.2) is 23.3 Å². The Labute approximate surface area is 107 Å². The first-order valence-corrected chi connectivity index (χ1v) is 6.21. The van der Waals surface area contributed by atoms with Gasteiger partial charge >= 0.3 is 0 Å². The molecule has 1 aliphatic rings. The maximum Gasteiger partial charge on any atom is 0.142 e. The number of aromatic nitrogens is 2. The average Bonchev–Trinajstić information content (AvgIpc) is 2.75. The van der Waals surface area contributed by atoms with Crippen LogP contribution in [0.5, 0.6) is 5.75 Å². The number of anilines is 1. The normalized spacial score (nSPS) is 14.2. The number of nitrogens with one attached hydrogen (secondary N) is 1. The van der Waals surface area contributed by atoms with Crippen molar-refractivity contribution in [1.82, 2.24) is 10.2 Å². The maximum absolute atomic E-state index is 5.72. The highest BCUT2D eigenvalue weighted by Gasteiger charge is 2.19. The minimum absolute atomic E-state index is 0.743. The molecule has 0 saturated heterocycles. The van der Waals surface area contributed by atoms with Crippen LogP contribution in [-0.2, 0) is 6.54 Å². The molecule has 4 nitrogen and oxygen atoms in total. The molecule has 1 aromatic heterocycles. The van der Waals surface area contributed by atoms with E-state index in [9.17, 15) is 0 Å². The van der Waals surface area contributed by atoms with Gasteiger partial charge in [0, 0.05) is 17.8 Å². The van der Waals surface area contributed by atoms with E-state index >= 15 is 0 Å². The van der Waals surface area contributed by atoms with Crippen molar-refractivity contribution in [3.63, 3.8) is 0 Å². The first-order chi connectivity index (χ1) is 8.74. The van der Waals surface area contributed by atoms with E-state index in [4.69, 9.17) is 4.74 Å². The Morgan fingerprint density at radius 2 is 2.28 bits per heavy atom. The summed E-state index contributed by atoms with van der Waals surface area (Å²) < 4.78 is 5.72. The van der Waals surface area contributed by atoms with Crippen LogP contribution in [0.3, 0.4) is 0 Å². The quantitative estimate of drug-likeness (QED) is 0.880. The number of hydrogen-bond acceptors (Lipinski definition) is 3. The number of H-pyrrole nitrogens is 1. The van der Waals surface area contributed by atoms with Gasteiger partial charge in [-0.3, -0.25) is 5.10 Å². The van der Waals surface area contributed by atoms with Crippen LogP contribution in [0.4, 0.5) is 5.69 Å². The highest BCUT2D eigenvalue weighted by Crippen LogP contribution is 2.33. The van der Waals surface area contributed by atoms with Crippen molar-refractivity contribution >= 4 is 5.69 Å². The van der Waals surface area contributed by atoms with Gasteiger partial charge in [-0.05, 0) is 31.5 Å². The SMILES string of the molecule is Cc1ccc2c(c1)OCCN2Cc1cn[nH]c1C. The second-order valence-corrected chi connectivity index (χ2v) is 4.76. The van der Waals surface area contributed by atoms with Crippen molar-refractivity contribution in [2.75, 3.05) is 18.1 Å². The van der Waals surface area contributed by atoms with Gasteiger partial charge in [0.2, 0.25) is 0 Å². The number of aryl methyl sites for hydroxylation is 2. The highest BCUT2D eigenvalue weighted by molar-refractivity contribution is 5.61. The number of nitrogens with zero attached hydrogens (tertiary/aromatic N) is 2. The monoisotopic (exact) mass is 243 g/mol. The lowest BCUT2D eigenvalue weighted by Crippen LogP contribution is -2.32. The van der Waals surface area contributed by atoms with E-state index in [0.717, 1.165) is 31.1 Å². The Hall–Kier alpha value is -1.97. The molecule has 0 bridgehead atoms. The van der Waals surface area contributed by atoms with Crippen molar-refractivity contribution in [3.8, 4) is 5.75 Å². The highest BCUT2D eigenvalue weighted by atomic mass is 16.5. The number of fused-ring (bicyclic) bond motifs is 1. The van der Waals surface area contributed by atoms with Gasteiger partial charge in [0.25, 0.3) is 0 Å². The summed E-state index contributed by atoms with van der Waals surface area (Å²) in [7, 11) is 0. The molecule has 94 valence electrons. The molecule has 3 rings (SSSR count). The fraction of sp³-hybridized carbons (Fsp3) is 0.357. The zero-order valence-electron chi connectivity index (χ0n) is 10.7. The summed E-state index contributed by atoms with van der Waals surface area (Å²) in [6.07, 6.45) is 1.90. The molecule has 0 radical (unpaired) electrons. The molecule has 4 heteroatoms. The van der Waals surface area contributed by atoms with Crippen LogP contribution < -0.4 is 9.64 Å². The van der Waals surface area contributed by atoms with E-state index < -0.39 is 0 Å². The van der Waals surface area contributed by atoms with Crippen molar-refractivity contribution in [2.24, 2.45) is 0 Å². The van der Waals surface area contributed by atoms with Gasteiger partial charge in [-0.15, -0.1) is 0 Å². The molecule has 1 aliphatic heterocycles. The Morgan fingerprint density at radius 3 is 3.06 bits per heavy atom. The average molecular weight is 243 g/mol. The van der Waals surface area contributed by atoms with Crippen LogP contribution in [0.1, 0.15) is 16.8 Å². The van der Waals surface area contributed by atoms with Crippen LogP contribution >= 0.6 is 0 Å². The van der Waals surface area contributed by atoms with Gasteiger partial charge < -0.3 is 9.64 Å². The minimum atomic E-state index is 0.743. The molecular formula is C14H17N3O. The lowest BCUT2D eigenvalue weighted by Gasteiger charge is -2.31. The van der Waals surface area contributed by atoms with E-state index in [0.29, 0.717) is 0 Å². The molecule has 0 amide bonds. The van der Waals surface area contributed by atoms with Crippen LogP contribution in [0.25, 0.3) is 0 Å². The van der Waals surface area contributed by atoms with E-state index in [2.05, 4.69) is 47.1 Å². The number of hydrogen-bond donors (Lipinski definition) is 1. The second kappa shape index (κ2) is 4.37. The third-order valence-electron chi connectivity index (χ3n) is 3.37. The lowest BCUT2D eigenvalue weighted by atomic mass is 10.1. The van der Waals surface area contributed by atoms with Gasteiger partial charge in [-0.2, -0.15) is 5.10 Å². The first kappa shape index (κ1) is 11.1. The van der Waals surface area contributed by atoms with Gasteiger partial charge in [-0.25, -0.2) is 0 Å². The Bertz CT molecular complexity index is 562. The van der Waals surface area contributed by atoms with Gasteiger partial charge in [0.1, 0.15) is 12.4 Å². The zero-order chi connectivity index (χ0) is 12.5. The predicted octanol–water partition coefficient (Wildman–Crippen LogP) is 2.43. The summed E-state index contributed by atoms with van der Waals surface area (Å²) in [4.78, 5) is 2.34. The molecule has 0 spiro atoms. The lowest BCUT2D eigenvalue weighted by molar-refractivity contribution is 0.306. The molecule has 0 saturated carbocycles. The van der Waals surface area contributed by atoms with Gasteiger partial charge in [-0.1, -0.05) is 6.07 Å². The Morgan fingerprint density at radius 1 is 1.39 bits per heavy atom.